The van der Waals surface area contributed by atoms with Crippen LogP contribution in [-0.2, 0) is 4.79 Å². The van der Waals surface area contributed by atoms with E-state index in [1.54, 1.807) is 0 Å². The second-order valence-electron chi connectivity index (χ2n) is 5.70. The number of rotatable bonds is 3. The third-order valence-corrected chi connectivity index (χ3v) is 4.61. The minimum absolute atomic E-state index is 0.129. The molecule has 17 heavy (non-hydrogen) atoms. The van der Waals surface area contributed by atoms with E-state index in [1.807, 2.05) is 0 Å². The van der Waals surface area contributed by atoms with Crippen LogP contribution < -0.4 is 0 Å². The molecule has 0 spiro atoms. The Bertz CT molecular complexity index is 267. The van der Waals surface area contributed by atoms with E-state index < -0.39 is 0 Å². The predicted octanol–water partition coefficient (Wildman–Crippen LogP) is 2.19. The molecule has 1 aliphatic heterocycles. The summed E-state index contributed by atoms with van der Waals surface area (Å²) in [4.78, 5) is 14.3. The van der Waals surface area contributed by atoms with Gasteiger partial charge >= 0.3 is 0 Å². The van der Waals surface area contributed by atoms with Gasteiger partial charge in [-0.15, -0.1) is 0 Å². The van der Waals surface area contributed by atoms with Crippen molar-refractivity contribution in [1.29, 1.82) is 0 Å². The lowest BCUT2D eigenvalue weighted by atomic mass is 9.72. The van der Waals surface area contributed by atoms with Crippen molar-refractivity contribution in [2.45, 2.75) is 57.9 Å². The Labute approximate surface area is 104 Å². The monoisotopic (exact) mass is 239 g/mol. The van der Waals surface area contributed by atoms with E-state index in [4.69, 9.17) is 5.11 Å². The molecular weight excluding hydrogens is 214 g/mol. The van der Waals surface area contributed by atoms with E-state index in [-0.39, 0.29) is 12.5 Å². The highest BCUT2D eigenvalue weighted by atomic mass is 16.3. The van der Waals surface area contributed by atoms with Crippen molar-refractivity contribution < 1.29 is 9.90 Å². The summed E-state index contributed by atoms with van der Waals surface area (Å²) in [7, 11) is 0. The number of fused-ring (bicyclic) bond motifs is 1. The number of aliphatic hydroxyl groups excluding tert-OH is 1. The van der Waals surface area contributed by atoms with Crippen LogP contribution in [0, 0.1) is 11.8 Å². The van der Waals surface area contributed by atoms with Crippen LogP contribution in [0.25, 0.3) is 0 Å². The van der Waals surface area contributed by atoms with Gasteiger partial charge in [-0.1, -0.05) is 19.8 Å². The van der Waals surface area contributed by atoms with Crippen molar-refractivity contribution in [1.82, 2.24) is 4.90 Å². The highest BCUT2D eigenvalue weighted by Gasteiger charge is 2.38. The quantitative estimate of drug-likeness (QED) is 0.820. The summed E-state index contributed by atoms with van der Waals surface area (Å²) in [6.07, 6.45) is 7.40. The van der Waals surface area contributed by atoms with Crippen LogP contribution in [-0.4, -0.2) is 35.1 Å². The number of likely N-dealkylation sites (tertiary alicyclic amines) is 1. The second kappa shape index (κ2) is 5.85. The fourth-order valence-corrected chi connectivity index (χ4v) is 3.60. The molecule has 0 radical (unpaired) electrons. The number of aliphatic hydroxyl groups is 1. The first-order valence-electron chi connectivity index (χ1n) is 7.14. The molecule has 0 aromatic rings. The van der Waals surface area contributed by atoms with Crippen LogP contribution in [0.3, 0.4) is 0 Å². The SMILES string of the molecule is CC1CCN(C(=O)CCCO)C2CCCCC12. The average Bonchev–Trinajstić information content (AvgIpc) is 2.37. The Morgan fingerprint density at radius 2 is 2.06 bits per heavy atom. The minimum Gasteiger partial charge on any atom is -0.396 e. The van der Waals surface area contributed by atoms with Crippen molar-refractivity contribution >= 4 is 5.91 Å². The molecule has 0 aromatic heterocycles. The van der Waals surface area contributed by atoms with E-state index in [1.165, 1.54) is 25.7 Å². The molecule has 3 nitrogen and oxygen atoms in total. The molecule has 1 heterocycles. The summed E-state index contributed by atoms with van der Waals surface area (Å²) in [5.74, 6) is 1.78. The van der Waals surface area contributed by atoms with Crippen LogP contribution in [0.15, 0.2) is 0 Å². The molecule has 1 N–H and O–H groups in total. The summed E-state index contributed by atoms with van der Waals surface area (Å²) in [5.41, 5.74) is 0. The highest BCUT2D eigenvalue weighted by Crippen LogP contribution is 2.38. The van der Waals surface area contributed by atoms with E-state index >= 15 is 0 Å². The first kappa shape index (κ1) is 12.9. The van der Waals surface area contributed by atoms with Gasteiger partial charge in [0.2, 0.25) is 5.91 Å². The van der Waals surface area contributed by atoms with Gasteiger partial charge in [-0.25, -0.2) is 0 Å². The number of piperidine rings is 1. The van der Waals surface area contributed by atoms with Gasteiger partial charge in [0.25, 0.3) is 0 Å². The zero-order chi connectivity index (χ0) is 12.3. The van der Waals surface area contributed by atoms with Crippen molar-refractivity contribution in [3.05, 3.63) is 0 Å². The van der Waals surface area contributed by atoms with Gasteiger partial charge in [-0.05, 0) is 37.5 Å². The Balaban J connectivity index is 1.99. The van der Waals surface area contributed by atoms with Gasteiger partial charge in [0, 0.05) is 25.6 Å². The maximum atomic E-state index is 12.1. The number of carbonyl (C=O) groups is 1. The number of hydrogen-bond acceptors (Lipinski definition) is 2. The number of carbonyl (C=O) groups excluding carboxylic acids is 1. The molecule has 2 aliphatic rings. The molecule has 1 saturated heterocycles. The number of nitrogens with zero attached hydrogens (tertiary/aromatic N) is 1. The van der Waals surface area contributed by atoms with E-state index in [9.17, 15) is 4.79 Å². The van der Waals surface area contributed by atoms with Crippen LogP contribution >= 0.6 is 0 Å². The largest absolute Gasteiger partial charge is 0.396 e. The molecule has 3 unspecified atom stereocenters. The lowest BCUT2D eigenvalue weighted by molar-refractivity contribution is -0.139. The van der Waals surface area contributed by atoms with E-state index in [0.29, 0.717) is 18.9 Å². The first-order valence-corrected chi connectivity index (χ1v) is 7.14. The Morgan fingerprint density at radius 3 is 2.82 bits per heavy atom. The zero-order valence-corrected chi connectivity index (χ0v) is 10.9. The summed E-state index contributed by atoms with van der Waals surface area (Å²) in [6, 6.07) is 0.499. The molecule has 1 aliphatic carbocycles. The average molecular weight is 239 g/mol. The van der Waals surface area contributed by atoms with Gasteiger partial charge in [0.1, 0.15) is 0 Å². The molecule has 0 bridgehead atoms. The molecule has 1 saturated carbocycles. The van der Waals surface area contributed by atoms with Crippen LogP contribution in [0.1, 0.15) is 51.9 Å². The summed E-state index contributed by atoms with van der Waals surface area (Å²) in [5, 5.41) is 8.82. The second-order valence-corrected chi connectivity index (χ2v) is 5.70. The highest BCUT2D eigenvalue weighted by molar-refractivity contribution is 5.76. The molecule has 1 amide bonds. The molecule has 3 heteroatoms. The van der Waals surface area contributed by atoms with Crippen LogP contribution in [0.2, 0.25) is 0 Å². The summed E-state index contributed by atoms with van der Waals surface area (Å²) in [6.45, 7) is 3.41. The van der Waals surface area contributed by atoms with Gasteiger partial charge in [0.15, 0.2) is 0 Å². The standard InChI is InChI=1S/C14H25NO2/c1-11-8-9-15(14(17)7-4-10-16)13-6-3-2-5-12(11)13/h11-13,16H,2-10H2,1H3. The Kier molecular flexibility index (Phi) is 4.43. The normalized spacial score (nSPS) is 33.3. The predicted molar refractivity (Wildman–Crippen MR) is 67.6 cm³/mol. The third-order valence-electron chi connectivity index (χ3n) is 4.61. The van der Waals surface area contributed by atoms with Crippen molar-refractivity contribution in [2.24, 2.45) is 11.8 Å². The Hall–Kier alpha value is -0.570. The lowest BCUT2D eigenvalue weighted by Gasteiger charge is -2.47. The maximum absolute atomic E-state index is 12.1. The van der Waals surface area contributed by atoms with Gasteiger partial charge < -0.3 is 10.0 Å². The van der Waals surface area contributed by atoms with Gasteiger partial charge in [-0.2, -0.15) is 0 Å². The van der Waals surface area contributed by atoms with Crippen LogP contribution in [0.5, 0.6) is 0 Å². The van der Waals surface area contributed by atoms with E-state index in [2.05, 4.69) is 11.8 Å². The zero-order valence-electron chi connectivity index (χ0n) is 10.9. The van der Waals surface area contributed by atoms with Crippen molar-refractivity contribution in [3.63, 3.8) is 0 Å². The summed E-state index contributed by atoms with van der Waals surface area (Å²) < 4.78 is 0. The molecule has 98 valence electrons. The number of hydrogen-bond donors (Lipinski definition) is 1. The van der Waals surface area contributed by atoms with Gasteiger partial charge in [0.05, 0.1) is 0 Å². The topological polar surface area (TPSA) is 40.5 Å². The fraction of sp³-hybridized carbons (Fsp3) is 0.929. The molecule has 2 rings (SSSR count). The molecular formula is C14H25NO2. The molecule has 2 fully saturated rings. The fourth-order valence-electron chi connectivity index (χ4n) is 3.60. The number of amides is 1. The molecule has 3 atom stereocenters. The minimum atomic E-state index is 0.129. The lowest BCUT2D eigenvalue weighted by Crippen LogP contribution is -2.52. The smallest absolute Gasteiger partial charge is 0.222 e. The third kappa shape index (κ3) is 2.82. The summed E-state index contributed by atoms with van der Waals surface area (Å²) >= 11 is 0. The van der Waals surface area contributed by atoms with Crippen LogP contribution in [0.4, 0.5) is 0 Å². The maximum Gasteiger partial charge on any atom is 0.222 e. The van der Waals surface area contributed by atoms with Gasteiger partial charge in [-0.3, -0.25) is 4.79 Å². The van der Waals surface area contributed by atoms with Crippen molar-refractivity contribution in [3.8, 4) is 0 Å². The van der Waals surface area contributed by atoms with Crippen molar-refractivity contribution in [2.75, 3.05) is 13.2 Å². The molecule has 0 aromatic carbocycles. The first-order chi connectivity index (χ1) is 8.24. The Morgan fingerprint density at radius 1 is 1.29 bits per heavy atom. The van der Waals surface area contributed by atoms with E-state index in [0.717, 1.165) is 24.8 Å².